The zero-order chi connectivity index (χ0) is 15.6. The Kier molecular flexibility index (Phi) is 4.11. The molecule has 0 aliphatic carbocycles. The predicted octanol–water partition coefficient (Wildman–Crippen LogP) is 0.300. The van der Waals surface area contributed by atoms with Crippen LogP contribution < -0.4 is 10.2 Å². The molecule has 21 heavy (non-hydrogen) atoms. The number of nitrogens with zero attached hydrogens (tertiary/aromatic N) is 2. The molecule has 1 aromatic rings. The fourth-order valence-electron chi connectivity index (χ4n) is 2.23. The summed E-state index contributed by atoms with van der Waals surface area (Å²) in [5, 5.41) is 11.7. The largest absolute Gasteiger partial charge is 0.480 e. The number of hydrogen-bond donors (Lipinski definition) is 2. The molecule has 112 valence electrons. The smallest absolute Gasteiger partial charge is 0.327 e. The van der Waals surface area contributed by atoms with Gasteiger partial charge in [0.2, 0.25) is 5.91 Å². The Labute approximate surface area is 122 Å². The lowest BCUT2D eigenvalue weighted by atomic mass is 10.1. The minimum atomic E-state index is -1.07. The Morgan fingerprint density at radius 2 is 2.00 bits per heavy atom. The molecule has 1 atom stereocenters. The van der Waals surface area contributed by atoms with Crippen LogP contribution in [0.2, 0.25) is 0 Å². The van der Waals surface area contributed by atoms with Crippen molar-refractivity contribution in [2.75, 3.05) is 25.5 Å². The van der Waals surface area contributed by atoms with Gasteiger partial charge in [0.15, 0.2) is 0 Å². The van der Waals surface area contributed by atoms with Gasteiger partial charge in [0.05, 0.1) is 6.54 Å². The molecule has 2 N–H and O–H groups in total. The number of para-hydroxylation sites is 1. The Hall–Kier alpha value is -2.57. The number of carboxylic acids is 1. The van der Waals surface area contributed by atoms with Crippen LogP contribution in [-0.2, 0) is 16.0 Å². The number of rotatable bonds is 3. The van der Waals surface area contributed by atoms with E-state index in [-0.39, 0.29) is 18.9 Å². The average Bonchev–Trinajstić information content (AvgIpc) is 2.83. The summed E-state index contributed by atoms with van der Waals surface area (Å²) in [6.45, 7) is -0.170. The topological polar surface area (TPSA) is 90.0 Å². The third kappa shape index (κ3) is 2.96. The van der Waals surface area contributed by atoms with Gasteiger partial charge in [-0.2, -0.15) is 0 Å². The molecule has 1 aromatic carbocycles. The van der Waals surface area contributed by atoms with Gasteiger partial charge < -0.3 is 15.3 Å². The summed E-state index contributed by atoms with van der Waals surface area (Å²) in [4.78, 5) is 37.6. The maximum absolute atomic E-state index is 12.2. The second-order valence-corrected chi connectivity index (χ2v) is 5.00. The summed E-state index contributed by atoms with van der Waals surface area (Å²) in [6.07, 6.45) is 0.264. The molecule has 1 aliphatic rings. The van der Waals surface area contributed by atoms with Crippen molar-refractivity contribution in [1.29, 1.82) is 0 Å². The number of likely N-dealkylation sites (N-methyl/N-ethyl adjacent to an activating group) is 1. The second kappa shape index (κ2) is 5.82. The fourth-order valence-corrected chi connectivity index (χ4v) is 2.23. The van der Waals surface area contributed by atoms with E-state index in [1.807, 2.05) is 0 Å². The first-order chi connectivity index (χ1) is 9.91. The van der Waals surface area contributed by atoms with Gasteiger partial charge in [0.25, 0.3) is 0 Å². The summed E-state index contributed by atoms with van der Waals surface area (Å²) >= 11 is 0. The number of amides is 3. The van der Waals surface area contributed by atoms with E-state index in [0.29, 0.717) is 5.69 Å². The predicted molar refractivity (Wildman–Crippen MR) is 76.1 cm³/mol. The van der Waals surface area contributed by atoms with Gasteiger partial charge in [0, 0.05) is 26.2 Å². The van der Waals surface area contributed by atoms with Crippen LogP contribution in [0.15, 0.2) is 24.3 Å². The second-order valence-electron chi connectivity index (χ2n) is 5.00. The molecule has 7 nitrogen and oxygen atoms in total. The number of hydrogen-bond acceptors (Lipinski definition) is 3. The molecule has 2 rings (SSSR count). The standard InChI is InChI=1S/C14H17N3O4/c1-16(2)12(18)8-15-14(21)17-10-6-4-3-5-9(10)7-11(17)13(19)20/h3-6,11H,7-8H2,1-2H3,(H,15,21)(H,19,20)/t11-/m0/s1. The molecule has 0 fully saturated rings. The molecule has 0 aromatic heterocycles. The molecule has 7 heteroatoms. The van der Waals surface area contributed by atoms with Crippen molar-refractivity contribution in [3.05, 3.63) is 29.8 Å². The summed E-state index contributed by atoms with van der Waals surface area (Å²) in [7, 11) is 3.17. The van der Waals surface area contributed by atoms with Crippen LogP contribution in [0.3, 0.4) is 0 Å². The van der Waals surface area contributed by atoms with E-state index < -0.39 is 18.0 Å². The molecule has 1 aliphatic heterocycles. The molecule has 3 amide bonds. The highest BCUT2D eigenvalue weighted by Gasteiger charge is 2.38. The van der Waals surface area contributed by atoms with Gasteiger partial charge in [-0.05, 0) is 11.6 Å². The zero-order valence-electron chi connectivity index (χ0n) is 11.9. The molecule has 0 bridgehead atoms. The van der Waals surface area contributed by atoms with Crippen molar-refractivity contribution in [1.82, 2.24) is 10.2 Å². The number of aliphatic carboxylic acids is 1. The Balaban J connectivity index is 2.17. The van der Waals surface area contributed by atoms with Crippen molar-refractivity contribution < 1.29 is 19.5 Å². The third-order valence-corrected chi connectivity index (χ3v) is 3.37. The van der Waals surface area contributed by atoms with Crippen molar-refractivity contribution in [2.24, 2.45) is 0 Å². The van der Waals surface area contributed by atoms with Crippen LogP contribution in [0, 0.1) is 0 Å². The van der Waals surface area contributed by atoms with Crippen LogP contribution in [0.4, 0.5) is 10.5 Å². The Morgan fingerprint density at radius 3 is 2.62 bits per heavy atom. The zero-order valence-corrected chi connectivity index (χ0v) is 11.9. The molecule has 0 saturated carbocycles. The van der Waals surface area contributed by atoms with Crippen LogP contribution in [0.1, 0.15) is 5.56 Å². The number of nitrogens with one attached hydrogen (secondary N) is 1. The Bertz CT molecular complexity index is 585. The van der Waals surface area contributed by atoms with Crippen molar-refractivity contribution in [3.8, 4) is 0 Å². The monoisotopic (exact) mass is 291 g/mol. The highest BCUT2D eigenvalue weighted by molar-refractivity contribution is 6.02. The first kappa shape index (κ1) is 14.8. The van der Waals surface area contributed by atoms with Crippen molar-refractivity contribution in [2.45, 2.75) is 12.5 Å². The van der Waals surface area contributed by atoms with Crippen LogP contribution >= 0.6 is 0 Å². The number of fused-ring (bicyclic) bond motifs is 1. The maximum atomic E-state index is 12.2. The molecule has 1 heterocycles. The summed E-state index contributed by atoms with van der Waals surface area (Å²) in [5.41, 5.74) is 1.37. The normalized spacial score (nSPS) is 16.3. The first-order valence-electron chi connectivity index (χ1n) is 6.49. The first-order valence-corrected chi connectivity index (χ1v) is 6.49. The number of urea groups is 1. The summed E-state index contributed by atoms with van der Waals surface area (Å²) in [6, 6.07) is 5.51. The number of anilines is 1. The molecule has 0 saturated heterocycles. The number of carbonyl (C=O) groups excluding carboxylic acids is 2. The average molecular weight is 291 g/mol. The molecule has 0 radical (unpaired) electrons. The van der Waals surface area contributed by atoms with Crippen molar-refractivity contribution in [3.63, 3.8) is 0 Å². The van der Waals surface area contributed by atoms with Crippen LogP contribution in [0.5, 0.6) is 0 Å². The summed E-state index contributed by atoms with van der Waals surface area (Å²) < 4.78 is 0. The van der Waals surface area contributed by atoms with Gasteiger partial charge in [-0.15, -0.1) is 0 Å². The fraction of sp³-hybridized carbons (Fsp3) is 0.357. The van der Waals surface area contributed by atoms with E-state index >= 15 is 0 Å². The molecular weight excluding hydrogens is 274 g/mol. The van der Waals surface area contributed by atoms with Crippen LogP contribution in [-0.4, -0.2) is 54.6 Å². The SMILES string of the molecule is CN(C)C(=O)CNC(=O)N1c2ccccc2C[C@H]1C(=O)O. The van der Waals surface area contributed by atoms with E-state index in [1.165, 1.54) is 9.80 Å². The molecule has 0 unspecified atom stereocenters. The van der Waals surface area contributed by atoms with Gasteiger partial charge in [-0.3, -0.25) is 9.69 Å². The molecule has 0 spiro atoms. The highest BCUT2D eigenvalue weighted by atomic mass is 16.4. The molecular formula is C14H17N3O4. The lowest BCUT2D eigenvalue weighted by Crippen LogP contribution is -2.49. The van der Waals surface area contributed by atoms with Gasteiger partial charge >= 0.3 is 12.0 Å². The summed E-state index contributed by atoms with van der Waals surface area (Å²) in [5.74, 6) is -1.33. The Morgan fingerprint density at radius 1 is 1.33 bits per heavy atom. The third-order valence-electron chi connectivity index (χ3n) is 3.37. The number of carbonyl (C=O) groups is 3. The minimum Gasteiger partial charge on any atom is -0.480 e. The quantitative estimate of drug-likeness (QED) is 0.838. The van der Waals surface area contributed by atoms with E-state index in [4.69, 9.17) is 0 Å². The highest BCUT2D eigenvalue weighted by Crippen LogP contribution is 2.32. The van der Waals surface area contributed by atoms with Gasteiger partial charge in [-0.25, -0.2) is 9.59 Å². The number of carboxylic acid groups (broad SMARTS) is 1. The number of benzene rings is 1. The van der Waals surface area contributed by atoms with E-state index in [2.05, 4.69) is 5.32 Å². The van der Waals surface area contributed by atoms with Crippen molar-refractivity contribution >= 4 is 23.6 Å². The lowest BCUT2D eigenvalue weighted by molar-refractivity contribution is -0.138. The van der Waals surface area contributed by atoms with E-state index in [0.717, 1.165) is 5.56 Å². The van der Waals surface area contributed by atoms with Gasteiger partial charge in [0.1, 0.15) is 6.04 Å². The maximum Gasteiger partial charge on any atom is 0.327 e. The lowest BCUT2D eigenvalue weighted by Gasteiger charge is -2.23. The minimum absolute atomic E-state index is 0.170. The van der Waals surface area contributed by atoms with E-state index in [1.54, 1.807) is 38.4 Å². The van der Waals surface area contributed by atoms with Gasteiger partial charge in [-0.1, -0.05) is 18.2 Å². The van der Waals surface area contributed by atoms with E-state index in [9.17, 15) is 19.5 Å². The van der Waals surface area contributed by atoms with Crippen LogP contribution in [0.25, 0.3) is 0 Å².